The number of fused-ring (bicyclic) bond motifs is 5. The van der Waals surface area contributed by atoms with Gasteiger partial charge < -0.3 is 9.30 Å². The van der Waals surface area contributed by atoms with E-state index in [0.717, 1.165) is 48.2 Å². The molecular weight excluding hydrogens is 431 g/mol. The monoisotopic (exact) mass is 451 g/mol. The lowest BCUT2D eigenvalue weighted by Crippen LogP contribution is -2.49. The first-order valence-corrected chi connectivity index (χ1v) is 10.9. The topological polar surface area (TPSA) is 55.4 Å². The summed E-state index contributed by atoms with van der Waals surface area (Å²) in [6, 6.07) is 5.34. The summed E-state index contributed by atoms with van der Waals surface area (Å²) in [5.41, 5.74) is 3.84. The summed E-state index contributed by atoms with van der Waals surface area (Å²) in [5.74, 6) is -4.02. The van der Waals surface area contributed by atoms with Crippen molar-refractivity contribution < 1.29 is 18.0 Å². The van der Waals surface area contributed by atoms with Crippen molar-refractivity contribution in [3.05, 3.63) is 77.3 Å². The zero-order valence-electron chi connectivity index (χ0n) is 17.8. The van der Waals surface area contributed by atoms with Crippen molar-refractivity contribution in [3.63, 3.8) is 0 Å². The molecule has 2 atom stereocenters. The smallest absolute Gasteiger partial charge is 0.254 e. The van der Waals surface area contributed by atoms with Gasteiger partial charge in [-0.15, -0.1) is 0 Å². The van der Waals surface area contributed by atoms with Gasteiger partial charge >= 0.3 is 0 Å². The van der Waals surface area contributed by atoms with Crippen LogP contribution < -0.4 is 0 Å². The number of hydrogen-bond acceptors (Lipinski definition) is 3. The van der Waals surface area contributed by atoms with Gasteiger partial charge in [-0.25, -0.2) is 18.2 Å². The number of amides is 1. The Morgan fingerprint density at radius 3 is 2.70 bits per heavy atom. The van der Waals surface area contributed by atoms with Crippen molar-refractivity contribution in [2.45, 2.75) is 37.8 Å². The van der Waals surface area contributed by atoms with Gasteiger partial charge in [-0.05, 0) is 49.9 Å². The van der Waals surface area contributed by atoms with Gasteiger partial charge in [0.2, 0.25) is 0 Å². The molecule has 1 fully saturated rings. The molecule has 168 valence electrons. The number of hydrogen-bond donors (Lipinski definition) is 0. The molecule has 1 saturated heterocycles. The predicted molar refractivity (Wildman–Crippen MR) is 114 cm³/mol. The van der Waals surface area contributed by atoms with E-state index in [1.54, 1.807) is 30.3 Å². The molecular formula is C24H20F3N5O. The zero-order chi connectivity index (χ0) is 22.9. The summed E-state index contributed by atoms with van der Waals surface area (Å²) in [7, 11) is 1.70. The highest BCUT2D eigenvalue weighted by atomic mass is 19.2. The van der Waals surface area contributed by atoms with Crippen LogP contribution in [0.2, 0.25) is 0 Å². The average molecular weight is 451 g/mol. The number of carbonyl (C=O) groups excluding carboxylic acids is 1. The summed E-state index contributed by atoms with van der Waals surface area (Å²) in [6.07, 6.45) is 8.28. The SMILES string of the molecule is Cn1nc2c(c1-c1cc(F)c(F)c(F)c1)CC1CCCC2N1C(=O)c1ccn2cncc2c1. The number of piperidine rings is 1. The van der Waals surface area contributed by atoms with Crippen LogP contribution in [0.5, 0.6) is 0 Å². The first-order chi connectivity index (χ1) is 15.9. The van der Waals surface area contributed by atoms with Crippen LogP contribution in [-0.4, -0.2) is 36.0 Å². The van der Waals surface area contributed by atoms with Gasteiger partial charge in [0.05, 0.1) is 35.5 Å². The van der Waals surface area contributed by atoms with Crippen molar-refractivity contribution >= 4 is 11.4 Å². The second kappa shape index (κ2) is 7.19. The van der Waals surface area contributed by atoms with Crippen LogP contribution in [0.3, 0.4) is 0 Å². The Balaban J connectivity index is 1.43. The molecule has 3 aromatic heterocycles. The van der Waals surface area contributed by atoms with E-state index in [1.165, 1.54) is 0 Å². The second-order valence-corrected chi connectivity index (χ2v) is 8.75. The number of aromatic nitrogens is 4. The van der Waals surface area contributed by atoms with E-state index >= 15 is 0 Å². The Labute approximate surface area is 187 Å². The maximum absolute atomic E-state index is 14.0. The van der Waals surface area contributed by atoms with Crippen LogP contribution >= 0.6 is 0 Å². The molecule has 2 unspecified atom stereocenters. The van der Waals surface area contributed by atoms with Gasteiger partial charge in [0.25, 0.3) is 5.91 Å². The van der Waals surface area contributed by atoms with Crippen molar-refractivity contribution in [2.24, 2.45) is 7.05 Å². The third kappa shape index (κ3) is 2.98. The third-order valence-corrected chi connectivity index (χ3v) is 6.83. The lowest BCUT2D eigenvalue weighted by Gasteiger charge is -2.45. The fraction of sp³-hybridized carbons (Fsp3) is 0.292. The highest BCUT2D eigenvalue weighted by Gasteiger charge is 2.43. The highest BCUT2D eigenvalue weighted by Crippen LogP contribution is 2.45. The number of aryl methyl sites for hydroxylation is 1. The van der Waals surface area contributed by atoms with Gasteiger partial charge in [-0.3, -0.25) is 9.48 Å². The molecule has 5 heterocycles. The highest BCUT2D eigenvalue weighted by molar-refractivity contribution is 5.96. The Kier molecular flexibility index (Phi) is 4.36. The number of benzene rings is 1. The quantitative estimate of drug-likeness (QED) is 0.424. The molecule has 0 N–H and O–H groups in total. The molecule has 0 spiro atoms. The van der Waals surface area contributed by atoms with Gasteiger partial charge in [0.15, 0.2) is 17.5 Å². The minimum atomic E-state index is -1.49. The molecule has 2 bridgehead atoms. The minimum absolute atomic E-state index is 0.0528. The van der Waals surface area contributed by atoms with Gasteiger partial charge in [-0.1, -0.05) is 0 Å². The molecule has 2 aliphatic rings. The molecule has 1 aromatic carbocycles. The van der Waals surface area contributed by atoms with Crippen LogP contribution in [0.15, 0.2) is 43.0 Å². The number of rotatable bonds is 2. The zero-order valence-corrected chi connectivity index (χ0v) is 17.8. The van der Waals surface area contributed by atoms with E-state index < -0.39 is 17.5 Å². The fourth-order valence-corrected chi connectivity index (χ4v) is 5.40. The summed E-state index contributed by atoms with van der Waals surface area (Å²) in [6.45, 7) is 0. The molecule has 9 heteroatoms. The number of carbonyl (C=O) groups is 1. The van der Waals surface area contributed by atoms with Gasteiger partial charge in [0.1, 0.15) is 0 Å². The van der Waals surface area contributed by atoms with Crippen LogP contribution in [0.25, 0.3) is 16.8 Å². The van der Waals surface area contributed by atoms with E-state index in [9.17, 15) is 18.0 Å². The largest absolute Gasteiger partial charge is 0.327 e. The maximum Gasteiger partial charge on any atom is 0.254 e. The molecule has 0 aliphatic carbocycles. The Morgan fingerprint density at radius 1 is 1.12 bits per heavy atom. The first-order valence-electron chi connectivity index (χ1n) is 10.9. The Bertz CT molecular complexity index is 1400. The first kappa shape index (κ1) is 20.0. The standard InChI is InChI=1S/C24H20F3N5O/c1-30-23(14-8-18(25)21(27)19(26)9-14)17-10-15-3-2-4-20(22(17)29-30)32(15)24(33)13-5-6-31-12-28-11-16(31)7-13/h5-9,11-12,15,20H,2-4,10H2,1H3. The predicted octanol–water partition coefficient (Wildman–Crippen LogP) is 4.44. The van der Waals surface area contributed by atoms with E-state index in [0.29, 0.717) is 17.7 Å². The molecule has 2 aliphatic heterocycles. The fourth-order valence-electron chi connectivity index (χ4n) is 5.40. The van der Waals surface area contributed by atoms with Crippen molar-refractivity contribution in [1.29, 1.82) is 0 Å². The Morgan fingerprint density at radius 2 is 1.91 bits per heavy atom. The number of nitrogens with zero attached hydrogens (tertiary/aromatic N) is 5. The number of halogens is 3. The van der Waals surface area contributed by atoms with E-state index in [4.69, 9.17) is 0 Å². The van der Waals surface area contributed by atoms with Crippen molar-refractivity contribution in [1.82, 2.24) is 24.1 Å². The molecule has 0 radical (unpaired) electrons. The van der Waals surface area contributed by atoms with Crippen LogP contribution in [-0.2, 0) is 13.5 Å². The number of imidazole rings is 1. The normalized spacial score (nSPS) is 19.7. The number of pyridine rings is 1. The molecule has 6 nitrogen and oxygen atoms in total. The van der Waals surface area contributed by atoms with Gasteiger partial charge in [-0.2, -0.15) is 5.10 Å². The van der Waals surface area contributed by atoms with E-state index in [2.05, 4.69) is 10.1 Å². The molecule has 33 heavy (non-hydrogen) atoms. The molecule has 6 rings (SSSR count). The molecule has 4 aromatic rings. The van der Waals surface area contributed by atoms with E-state index in [-0.39, 0.29) is 23.6 Å². The van der Waals surface area contributed by atoms with Crippen LogP contribution in [0.4, 0.5) is 13.2 Å². The molecule has 0 saturated carbocycles. The van der Waals surface area contributed by atoms with Crippen molar-refractivity contribution in [2.75, 3.05) is 0 Å². The van der Waals surface area contributed by atoms with E-state index in [1.807, 2.05) is 21.6 Å². The summed E-state index contributed by atoms with van der Waals surface area (Å²) >= 11 is 0. The lowest BCUT2D eigenvalue weighted by atomic mass is 9.81. The summed E-state index contributed by atoms with van der Waals surface area (Å²) in [4.78, 5) is 19.6. The van der Waals surface area contributed by atoms with Crippen molar-refractivity contribution in [3.8, 4) is 11.3 Å². The summed E-state index contributed by atoms with van der Waals surface area (Å²) < 4.78 is 44.9. The lowest BCUT2D eigenvalue weighted by molar-refractivity contribution is 0.0392. The minimum Gasteiger partial charge on any atom is -0.327 e. The van der Waals surface area contributed by atoms with Gasteiger partial charge in [0, 0.05) is 36.0 Å². The second-order valence-electron chi connectivity index (χ2n) is 8.75. The van der Waals surface area contributed by atoms with Crippen LogP contribution in [0.1, 0.15) is 46.9 Å². The average Bonchev–Trinajstić information content (AvgIpc) is 3.39. The summed E-state index contributed by atoms with van der Waals surface area (Å²) in [5, 5.41) is 4.67. The third-order valence-electron chi connectivity index (χ3n) is 6.83. The Hall–Kier alpha value is -3.62. The molecule has 1 amide bonds. The maximum atomic E-state index is 14.0. The van der Waals surface area contributed by atoms with Crippen LogP contribution in [0, 0.1) is 17.5 Å².